The molecule has 3 rings (SSSR count). The molecule has 4 heteroatoms. The molecule has 0 radical (unpaired) electrons. The van der Waals surface area contributed by atoms with Crippen molar-refractivity contribution < 1.29 is 19.8 Å². The van der Waals surface area contributed by atoms with Crippen molar-refractivity contribution in [3.8, 4) is 0 Å². The molecule has 0 fully saturated rings. The largest absolute Gasteiger partial charge is 0.478 e. The van der Waals surface area contributed by atoms with Crippen LogP contribution in [0.15, 0.2) is 48.5 Å². The quantitative estimate of drug-likeness (QED) is 0.697. The molecule has 0 aliphatic carbocycles. The number of carboxylic acid groups (broad SMARTS) is 2. The van der Waals surface area contributed by atoms with Gasteiger partial charge < -0.3 is 10.2 Å². The maximum absolute atomic E-state index is 11.0. The molecular formula is C16H10O4. The molecule has 0 saturated carbocycles. The van der Waals surface area contributed by atoms with Crippen LogP contribution in [0.3, 0.4) is 0 Å². The molecule has 4 nitrogen and oxygen atoms in total. The van der Waals surface area contributed by atoms with E-state index in [4.69, 9.17) is 10.2 Å². The lowest BCUT2D eigenvalue weighted by atomic mass is 9.99. The van der Waals surface area contributed by atoms with Crippen LogP contribution < -0.4 is 0 Å². The summed E-state index contributed by atoms with van der Waals surface area (Å²) in [7, 11) is 0. The van der Waals surface area contributed by atoms with Gasteiger partial charge in [0.25, 0.3) is 0 Å². The molecule has 2 N–H and O–H groups in total. The first-order valence-corrected chi connectivity index (χ1v) is 5.99. The molecule has 0 spiro atoms. The van der Waals surface area contributed by atoms with Crippen LogP contribution in [0, 0.1) is 0 Å². The van der Waals surface area contributed by atoms with Crippen LogP contribution in [0.4, 0.5) is 0 Å². The topological polar surface area (TPSA) is 74.6 Å². The Morgan fingerprint density at radius 1 is 0.650 bits per heavy atom. The standard InChI is InChI=1S/C16H10O4/c17-15(18)11-3-5-13-9(7-11)1-2-10-8-12(16(19)20)4-6-14(10)13/h1-8H,(H,17,18)(H,19,20). The van der Waals surface area contributed by atoms with E-state index in [1.165, 1.54) is 0 Å². The maximum Gasteiger partial charge on any atom is 0.335 e. The van der Waals surface area contributed by atoms with Crippen LogP contribution in [0.5, 0.6) is 0 Å². The van der Waals surface area contributed by atoms with Crippen molar-refractivity contribution in [1.82, 2.24) is 0 Å². The van der Waals surface area contributed by atoms with Gasteiger partial charge in [0.1, 0.15) is 0 Å². The van der Waals surface area contributed by atoms with Gasteiger partial charge in [-0.2, -0.15) is 0 Å². The molecule has 0 heterocycles. The van der Waals surface area contributed by atoms with E-state index in [0.717, 1.165) is 21.5 Å². The molecule has 98 valence electrons. The second-order valence-electron chi connectivity index (χ2n) is 4.55. The summed E-state index contributed by atoms with van der Waals surface area (Å²) in [5, 5.41) is 21.4. The van der Waals surface area contributed by atoms with E-state index >= 15 is 0 Å². The van der Waals surface area contributed by atoms with Gasteiger partial charge in [0.15, 0.2) is 0 Å². The van der Waals surface area contributed by atoms with Crippen LogP contribution in [0.25, 0.3) is 21.5 Å². The van der Waals surface area contributed by atoms with Gasteiger partial charge in [0, 0.05) is 0 Å². The first-order valence-electron chi connectivity index (χ1n) is 5.99. The van der Waals surface area contributed by atoms with Crippen LogP contribution in [-0.2, 0) is 0 Å². The van der Waals surface area contributed by atoms with Crippen molar-refractivity contribution in [3.63, 3.8) is 0 Å². The smallest absolute Gasteiger partial charge is 0.335 e. The van der Waals surface area contributed by atoms with Gasteiger partial charge in [-0.3, -0.25) is 0 Å². The molecule has 3 aromatic carbocycles. The fourth-order valence-corrected chi connectivity index (χ4v) is 2.34. The minimum Gasteiger partial charge on any atom is -0.478 e. The Balaban J connectivity index is 2.31. The van der Waals surface area contributed by atoms with E-state index < -0.39 is 11.9 Å². The molecule has 3 aromatic rings. The summed E-state index contributed by atoms with van der Waals surface area (Å²) in [5.74, 6) is -1.93. The van der Waals surface area contributed by atoms with E-state index in [1.54, 1.807) is 48.5 Å². The van der Waals surface area contributed by atoms with E-state index in [2.05, 4.69) is 0 Å². The van der Waals surface area contributed by atoms with Crippen LogP contribution >= 0.6 is 0 Å². The number of fused-ring (bicyclic) bond motifs is 3. The highest BCUT2D eigenvalue weighted by molar-refractivity contribution is 6.10. The van der Waals surface area contributed by atoms with Crippen molar-refractivity contribution in [1.29, 1.82) is 0 Å². The number of benzene rings is 3. The lowest BCUT2D eigenvalue weighted by Crippen LogP contribution is -1.96. The summed E-state index contributed by atoms with van der Waals surface area (Å²) in [6.07, 6.45) is 0. The average molecular weight is 266 g/mol. The molecule has 0 aliphatic rings. The Kier molecular flexibility index (Phi) is 2.64. The first kappa shape index (κ1) is 12.2. The Hall–Kier alpha value is -2.88. The third kappa shape index (κ3) is 1.87. The summed E-state index contributed by atoms with van der Waals surface area (Å²) in [6.45, 7) is 0. The number of carbonyl (C=O) groups is 2. The highest BCUT2D eigenvalue weighted by Gasteiger charge is 2.08. The molecule has 0 aliphatic heterocycles. The second kappa shape index (κ2) is 4.35. The monoisotopic (exact) mass is 266 g/mol. The van der Waals surface area contributed by atoms with Crippen molar-refractivity contribution in [2.45, 2.75) is 0 Å². The molecular weight excluding hydrogens is 256 g/mol. The van der Waals surface area contributed by atoms with Gasteiger partial charge in [-0.25, -0.2) is 9.59 Å². The van der Waals surface area contributed by atoms with Gasteiger partial charge >= 0.3 is 11.9 Å². The molecule has 0 unspecified atom stereocenters. The lowest BCUT2D eigenvalue weighted by molar-refractivity contribution is 0.0686. The number of rotatable bonds is 2. The predicted molar refractivity (Wildman–Crippen MR) is 75.4 cm³/mol. The molecule has 0 aromatic heterocycles. The molecule has 20 heavy (non-hydrogen) atoms. The number of aromatic carboxylic acids is 2. The van der Waals surface area contributed by atoms with Crippen molar-refractivity contribution >= 4 is 33.5 Å². The van der Waals surface area contributed by atoms with Crippen molar-refractivity contribution in [2.75, 3.05) is 0 Å². The lowest BCUT2D eigenvalue weighted by Gasteiger charge is -2.06. The average Bonchev–Trinajstić information content (AvgIpc) is 2.45. The number of hydrogen-bond acceptors (Lipinski definition) is 2. The zero-order chi connectivity index (χ0) is 14.3. The minimum atomic E-state index is -0.965. The molecule has 0 amide bonds. The van der Waals surface area contributed by atoms with Crippen LogP contribution in [0.1, 0.15) is 20.7 Å². The Labute approximate surface area is 113 Å². The molecule has 0 saturated heterocycles. The number of hydrogen-bond donors (Lipinski definition) is 2. The normalized spacial score (nSPS) is 10.8. The third-order valence-electron chi connectivity index (χ3n) is 3.33. The third-order valence-corrected chi connectivity index (χ3v) is 3.33. The van der Waals surface area contributed by atoms with Crippen LogP contribution in [-0.4, -0.2) is 22.2 Å². The molecule has 0 bridgehead atoms. The van der Waals surface area contributed by atoms with Crippen molar-refractivity contribution in [2.24, 2.45) is 0 Å². The van der Waals surface area contributed by atoms with E-state index in [1.807, 2.05) is 0 Å². The fourth-order valence-electron chi connectivity index (χ4n) is 2.34. The fraction of sp³-hybridized carbons (Fsp3) is 0. The summed E-state index contributed by atoms with van der Waals surface area (Å²) >= 11 is 0. The summed E-state index contributed by atoms with van der Waals surface area (Å²) in [5.41, 5.74) is 0.470. The second-order valence-corrected chi connectivity index (χ2v) is 4.55. The number of carboxylic acids is 2. The SMILES string of the molecule is O=C(O)c1ccc2c(ccc3cc(C(=O)O)ccc32)c1. The zero-order valence-electron chi connectivity index (χ0n) is 10.3. The Morgan fingerprint density at radius 3 is 1.40 bits per heavy atom. The summed E-state index contributed by atoms with van der Waals surface area (Å²) in [6, 6.07) is 13.4. The Bertz CT molecular complexity index is 792. The summed E-state index contributed by atoms with van der Waals surface area (Å²) < 4.78 is 0. The van der Waals surface area contributed by atoms with E-state index in [9.17, 15) is 9.59 Å². The van der Waals surface area contributed by atoms with Gasteiger partial charge in [0.05, 0.1) is 11.1 Å². The minimum absolute atomic E-state index is 0.235. The van der Waals surface area contributed by atoms with Crippen molar-refractivity contribution in [3.05, 3.63) is 59.7 Å². The van der Waals surface area contributed by atoms with Gasteiger partial charge in [0.2, 0.25) is 0 Å². The maximum atomic E-state index is 11.0. The van der Waals surface area contributed by atoms with Gasteiger partial charge in [-0.05, 0) is 45.8 Å². The van der Waals surface area contributed by atoms with E-state index in [0.29, 0.717) is 0 Å². The predicted octanol–water partition coefficient (Wildman–Crippen LogP) is 3.39. The first-order chi connectivity index (χ1) is 9.56. The Morgan fingerprint density at radius 2 is 1.05 bits per heavy atom. The van der Waals surface area contributed by atoms with Crippen LogP contribution in [0.2, 0.25) is 0 Å². The van der Waals surface area contributed by atoms with Gasteiger partial charge in [-0.1, -0.05) is 24.3 Å². The van der Waals surface area contributed by atoms with E-state index in [-0.39, 0.29) is 11.1 Å². The highest BCUT2D eigenvalue weighted by Crippen LogP contribution is 2.27. The zero-order valence-corrected chi connectivity index (χ0v) is 10.3. The highest BCUT2D eigenvalue weighted by atomic mass is 16.4. The van der Waals surface area contributed by atoms with Gasteiger partial charge in [-0.15, -0.1) is 0 Å². The molecule has 0 atom stereocenters. The summed E-state index contributed by atoms with van der Waals surface area (Å²) in [4.78, 5) is 21.9.